The van der Waals surface area contributed by atoms with Gasteiger partial charge < -0.3 is 14.5 Å². The Bertz CT molecular complexity index is 938. The van der Waals surface area contributed by atoms with Crippen molar-refractivity contribution < 1.29 is 13.9 Å². The van der Waals surface area contributed by atoms with E-state index in [1.807, 2.05) is 30.3 Å². The fourth-order valence-electron chi connectivity index (χ4n) is 2.10. The van der Waals surface area contributed by atoms with E-state index in [4.69, 9.17) is 14.4 Å². The largest absolute Gasteiger partial charge is 0.486 e. The van der Waals surface area contributed by atoms with Crippen LogP contribution in [0.3, 0.4) is 0 Å². The number of amides is 1. The summed E-state index contributed by atoms with van der Waals surface area (Å²) < 4.78 is 13.5. The number of carbonyl (C=O) groups excluding carboxylic acids is 1. The average Bonchev–Trinajstić information content (AvgIpc) is 3.22. The summed E-state index contributed by atoms with van der Waals surface area (Å²) >= 11 is 3.36. The summed E-state index contributed by atoms with van der Waals surface area (Å²) in [6, 6.07) is 12.6. The van der Waals surface area contributed by atoms with Crippen LogP contribution in [0.5, 0.6) is 5.75 Å². The maximum atomic E-state index is 12.3. The van der Waals surface area contributed by atoms with Gasteiger partial charge in [0.05, 0.1) is 6.20 Å². The topological polar surface area (TPSA) is 93.1 Å². The summed E-state index contributed by atoms with van der Waals surface area (Å²) in [4.78, 5) is 12.3. The Labute approximate surface area is 151 Å². The van der Waals surface area contributed by atoms with Gasteiger partial charge in [-0.2, -0.15) is 10.4 Å². The van der Waals surface area contributed by atoms with Gasteiger partial charge in [0.25, 0.3) is 5.91 Å². The van der Waals surface area contributed by atoms with Gasteiger partial charge in [0.15, 0.2) is 5.76 Å². The van der Waals surface area contributed by atoms with Crippen molar-refractivity contribution in [1.82, 2.24) is 9.78 Å². The molecule has 0 unspecified atom stereocenters. The maximum absolute atomic E-state index is 12.3. The number of ether oxygens (including phenoxy) is 1. The van der Waals surface area contributed by atoms with Gasteiger partial charge in [-0.05, 0) is 36.4 Å². The second-order valence-corrected chi connectivity index (χ2v) is 6.02. The Balaban J connectivity index is 1.64. The number of halogens is 1. The minimum Gasteiger partial charge on any atom is -0.486 e. The normalized spacial score (nSPS) is 10.3. The summed E-state index contributed by atoms with van der Waals surface area (Å²) in [5.74, 6) is 1.18. The van der Waals surface area contributed by atoms with Crippen molar-refractivity contribution in [2.24, 2.45) is 7.05 Å². The van der Waals surface area contributed by atoms with Gasteiger partial charge in [0.1, 0.15) is 35.6 Å². The highest BCUT2D eigenvalue weighted by Crippen LogP contribution is 2.19. The molecule has 7 nitrogen and oxygen atoms in total. The highest BCUT2D eigenvalue weighted by Gasteiger charge is 2.16. The van der Waals surface area contributed by atoms with E-state index in [9.17, 15) is 4.79 Å². The number of carbonyl (C=O) groups is 1. The Morgan fingerprint density at radius 1 is 1.36 bits per heavy atom. The number of hydrogen-bond donors (Lipinski definition) is 1. The Morgan fingerprint density at radius 3 is 2.84 bits per heavy atom. The lowest BCUT2D eigenvalue weighted by atomic mass is 10.3. The van der Waals surface area contributed by atoms with Gasteiger partial charge in [0, 0.05) is 11.5 Å². The first-order valence-electron chi connectivity index (χ1n) is 7.27. The van der Waals surface area contributed by atoms with E-state index in [-0.39, 0.29) is 17.9 Å². The van der Waals surface area contributed by atoms with Crippen LogP contribution < -0.4 is 10.1 Å². The second kappa shape index (κ2) is 7.23. The quantitative estimate of drug-likeness (QED) is 0.707. The number of benzene rings is 1. The summed E-state index contributed by atoms with van der Waals surface area (Å²) in [6.45, 7) is 0.198. The molecule has 0 spiro atoms. The zero-order chi connectivity index (χ0) is 17.8. The number of hydrogen-bond acceptors (Lipinski definition) is 5. The number of nitrogens with zero attached hydrogens (tertiary/aromatic N) is 3. The van der Waals surface area contributed by atoms with Gasteiger partial charge in [-0.15, -0.1) is 0 Å². The highest BCUT2D eigenvalue weighted by molar-refractivity contribution is 9.10. The molecule has 0 atom stereocenters. The smallest absolute Gasteiger partial charge is 0.292 e. The van der Waals surface area contributed by atoms with Crippen molar-refractivity contribution in [3.8, 4) is 11.8 Å². The molecule has 0 saturated carbocycles. The van der Waals surface area contributed by atoms with Crippen LogP contribution in [0.2, 0.25) is 0 Å². The van der Waals surface area contributed by atoms with E-state index in [1.165, 1.54) is 10.9 Å². The van der Waals surface area contributed by atoms with Crippen LogP contribution in [0.15, 0.2) is 51.5 Å². The highest BCUT2D eigenvalue weighted by atomic mass is 79.9. The molecule has 25 heavy (non-hydrogen) atoms. The standard InChI is InChI=1S/C17H13BrN4O3/c1-22-16(11(8-19)9-20-22)21-17(23)15-7-6-14(25-15)10-24-13-4-2-12(18)3-5-13/h2-7,9H,10H2,1H3,(H,21,23). The number of nitrogens with one attached hydrogen (secondary N) is 1. The number of rotatable bonds is 5. The van der Waals surface area contributed by atoms with E-state index in [0.29, 0.717) is 17.3 Å². The first kappa shape index (κ1) is 16.8. The molecule has 8 heteroatoms. The van der Waals surface area contributed by atoms with Crippen molar-refractivity contribution in [2.75, 3.05) is 5.32 Å². The summed E-state index contributed by atoms with van der Waals surface area (Å²) in [5.41, 5.74) is 0.279. The van der Waals surface area contributed by atoms with Crippen LogP contribution >= 0.6 is 15.9 Å². The molecule has 0 aliphatic carbocycles. The molecular formula is C17H13BrN4O3. The molecule has 0 radical (unpaired) electrons. The lowest BCUT2D eigenvalue weighted by molar-refractivity contribution is 0.0991. The number of anilines is 1. The number of aryl methyl sites for hydroxylation is 1. The Hall–Kier alpha value is -3.05. The molecule has 1 N–H and O–H groups in total. The summed E-state index contributed by atoms with van der Waals surface area (Å²) in [6.07, 6.45) is 1.38. The molecule has 0 fully saturated rings. The van der Waals surface area contributed by atoms with Gasteiger partial charge >= 0.3 is 0 Å². The van der Waals surface area contributed by atoms with E-state index in [2.05, 4.69) is 26.3 Å². The lowest BCUT2D eigenvalue weighted by Gasteiger charge is -2.05. The zero-order valence-corrected chi connectivity index (χ0v) is 14.8. The SMILES string of the molecule is Cn1ncc(C#N)c1NC(=O)c1ccc(COc2ccc(Br)cc2)o1. The van der Waals surface area contributed by atoms with Crippen LogP contribution in [-0.4, -0.2) is 15.7 Å². The molecule has 2 heterocycles. The molecule has 3 aromatic rings. The van der Waals surface area contributed by atoms with E-state index >= 15 is 0 Å². The molecule has 2 aromatic heterocycles. The van der Waals surface area contributed by atoms with Crippen molar-refractivity contribution >= 4 is 27.7 Å². The van der Waals surface area contributed by atoms with Crippen molar-refractivity contribution in [2.45, 2.75) is 6.61 Å². The molecule has 1 amide bonds. The third-order valence-electron chi connectivity index (χ3n) is 3.37. The van der Waals surface area contributed by atoms with Gasteiger partial charge in [-0.1, -0.05) is 15.9 Å². The van der Waals surface area contributed by atoms with Crippen molar-refractivity contribution in [3.05, 3.63) is 64.2 Å². The molecule has 0 bridgehead atoms. The second-order valence-electron chi connectivity index (χ2n) is 5.10. The van der Waals surface area contributed by atoms with E-state index in [0.717, 1.165) is 4.47 Å². The molecule has 1 aromatic carbocycles. The fraction of sp³-hybridized carbons (Fsp3) is 0.118. The van der Waals surface area contributed by atoms with Gasteiger partial charge in [-0.3, -0.25) is 9.48 Å². The first-order valence-corrected chi connectivity index (χ1v) is 8.06. The van der Waals surface area contributed by atoms with Gasteiger partial charge in [0.2, 0.25) is 0 Å². The molecule has 3 rings (SSSR count). The summed E-state index contributed by atoms with van der Waals surface area (Å²) in [5, 5.41) is 15.6. The number of nitriles is 1. The Kier molecular flexibility index (Phi) is 4.86. The summed E-state index contributed by atoms with van der Waals surface area (Å²) in [7, 11) is 1.63. The number of aromatic nitrogens is 2. The molecule has 0 aliphatic rings. The van der Waals surface area contributed by atoms with Gasteiger partial charge in [-0.25, -0.2) is 0 Å². The molecule has 0 aliphatic heterocycles. The maximum Gasteiger partial charge on any atom is 0.292 e. The monoisotopic (exact) mass is 400 g/mol. The third-order valence-corrected chi connectivity index (χ3v) is 3.90. The molecular weight excluding hydrogens is 388 g/mol. The zero-order valence-electron chi connectivity index (χ0n) is 13.2. The third kappa shape index (κ3) is 3.89. The van der Waals surface area contributed by atoms with Crippen molar-refractivity contribution in [3.63, 3.8) is 0 Å². The minimum atomic E-state index is -0.463. The van der Waals surface area contributed by atoms with Crippen LogP contribution in [0.25, 0.3) is 0 Å². The Morgan fingerprint density at radius 2 is 2.12 bits per heavy atom. The molecule has 0 saturated heterocycles. The van der Waals surface area contributed by atoms with E-state index < -0.39 is 5.91 Å². The van der Waals surface area contributed by atoms with Crippen molar-refractivity contribution in [1.29, 1.82) is 5.26 Å². The lowest BCUT2D eigenvalue weighted by Crippen LogP contribution is -2.14. The molecule has 126 valence electrons. The minimum absolute atomic E-state index is 0.125. The van der Waals surface area contributed by atoms with Crippen LogP contribution in [-0.2, 0) is 13.7 Å². The first-order chi connectivity index (χ1) is 12.1. The average molecular weight is 401 g/mol. The van der Waals surface area contributed by atoms with Crippen LogP contribution in [0.1, 0.15) is 21.9 Å². The fourth-order valence-corrected chi connectivity index (χ4v) is 2.36. The predicted octanol–water partition coefficient (Wildman–Crippen LogP) is 3.48. The van der Waals surface area contributed by atoms with Crippen LogP contribution in [0, 0.1) is 11.3 Å². The van der Waals surface area contributed by atoms with Crippen LogP contribution in [0.4, 0.5) is 5.82 Å². The number of furan rings is 1. The van der Waals surface area contributed by atoms with E-state index in [1.54, 1.807) is 19.2 Å². The predicted molar refractivity (Wildman–Crippen MR) is 93.1 cm³/mol.